The molecular formula is C19H22O. The first kappa shape index (κ1) is 14.5. The molecule has 0 N–H and O–H groups in total. The van der Waals surface area contributed by atoms with Crippen LogP contribution in [0.4, 0.5) is 0 Å². The van der Waals surface area contributed by atoms with Gasteiger partial charge in [-0.15, -0.1) is 0 Å². The molecule has 0 aromatic heterocycles. The number of ketones is 1. The fraction of sp³-hybridized carbons (Fsp3) is 0.316. The van der Waals surface area contributed by atoms with E-state index in [-0.39, 0.29) is 11.7 Å². The van der Waals surface area contributed by atoms with E-state index in [1.54, 1.807) is 0 Å². The average Bonchev–Trinajstić information content (AvgIpc) is 2.49. The van der Waals surface area contributed by atoms with Gasteiger partial charge in [0.05, 0.1) is 0 Å². The van der Waals surface area contributed by atoms with Gasteiger partial charge in [0.2, 0.25) is 0 Å². The zero-order chi connectivity index (χ0) is 14.5. The van der Waals surface area contributed by atoms with E-state index in [0.717, 1.165) is 29.5 Å². The molecule has 2 aromatic carbocycles. The smallest absolute Gasteiger partial charge is 0.166 e. The third kappa shape index (κ3) is 2.82. The minimum absolute atomic E-state index is 0.139. The van der Waals surface area contributed by atoms with Crippen LogP contribution in [0.1, 0.15) is 42.6 Å². The first-order chi connectivity index (χ1) is 9.69. The quantitative estimate of drug-likeness (QED) is 0.673. The molecule has 0 atom stereocenters. The van der Waals surface area contributed by atoms with Gasteiger partial charge in [-0.2, -0.15) is 0 Å². The number of rotatable bonds is 5. The van der Waals surface area contributed by atoms with Crippen LogP contribution in [0, 0.1) is 12.8 Å². The van der Waals surface area contributed by atoms with Crippen molar-refractivity contribution in [2.45, 2.75) is 33.6 Å². The molecule has 0 saturated carbocycles. The van der Waals surface area contributed by atoms with Crippen molar-refractivity contribution in [3.63, 3.8) is 0 Å². The highest BCUT2D eigenvalue weighted by Gasteiger charge is 2.19. The lowest BCUT2D eigenvalue weighted by Crippen LogP contribution is -2.14. The second-order valence-corrected chi connectivity index (χ2v) is 5.22. The van der Waals surface area contributed by atoms with E-state index in [9.17, 15) is 4.79 Å². The molecule has 0 saturated heterocycles. The second kappa shape index (κ2) is 6.51. The number of Topliss-reactive ketones (excluding diaryl/α,β-unsaturated/α-hetero) is 1. The SMILES string of the molecule is CCC(CC)C(=O)c1cccc(-c2ccccc2)c1C. The fourth-order valence-electron chi connectivity index (χ4n) is 2.71. The lowest BCUT2D eigenvalue weighted by Gasteiger charge is -2.15. The Morgan fingerprint density at radius 2 is 1.60 bits per heavy atom. The van der Waals surface area contributed by atoms with Crippen LogP contribution in [0.2, 0.25) is 0 Å². The van der Waals surface area contributed by atoms with Crippen molar-refractivity contribution in [1.29, 1.82) is 0 Å². The summed E-state index contributed by atoms with van der Waals surface area (Å²) in [6.07, 6.45) is 1.81. The minimum atomic E-state index is 0.139. The third-order valence-corrected chi connectivity index (χ3v) is 4.04. The fourth-order valence-corrected chi connectivity index (χ4v) is 2.71. The lowest BCUT2D eigenvalue weighted by atomic mass is 9.88. The second-order valence-electron chi connectivity index (χ2n) is 5.22. The summed E-state index contributed by atoms with van der Waals surface area (Å²) in [6.45, 7) is 6.23. The van der Waals surface area contributed by atoms with Gasteiger partial charge in [-0.1, -0.05) is 62.4 Å². The van der Waals surface area contributed by atoms with E-state index >= 15 is 0 Å². The van der Waals surface area contributed by atoms with Crippen molar-refractivity contribution < 1.29 is 4.79 Å². The summed E-state index contributed by atoms with van der Waals surface area (Å²) in [6, 6.07) is 16.3. The Bertz CT molecular complexity index is 580. The Morgan fingerprint density at radius 3 is 2.20 bits per heavy atom. The molecule has 0 fully saturated rings. The van der Waals surface area contributed by atoms with E-state index < -0.39 is 0 Å². The molecule has 0 aliphatic rings. The van der Waals surface area contributed by atoms with E-state index in [1.807, 2.05) is 30.3 Å². The Hall–Kier alpha value is -1.89. The maximum atomic E-state index is 12.6. The van der Waals surface area contributed by atoms with Gasteiger partial charge in [0, 0.05) is 11.5 Å². The van der Waals surface area contributed by atoms with E-state index in [1.165, 1.54) is 5.56 Å². The highest BCUT2D eigenvalue weighted by molar-refractivity contribution is 6.00. The van der Waals surface area contributed by atoms with Crippen LogP contribution >= 0.6 is 0 Å². The molecule has 0 spiro atoms. The molecule has 0 bridgehead atoms. The van der Waals surface area contributed by atoms with Crippen LogP contribution in [0.5, 0.6) is 0 Å². The first-order valence-electron chi connectivity index (χ1n) is 7.38. The van der Waals surface area contributed by atoms with E-state index in [0.29, 0.717) is 0 Å². The summed E-state index contributed by atoms with van der Waals surface area (Å²) in [4.78, 5) is 12.6. The largest absolute Gasteiger partial charge is 0.294 e. The normalized spacial score (nSPS) is 10.8. The van der Waals surface area contributed by atoms with Gasteiger partial charge in [0.25, 0.3) is 0 Å². The third-order valence-electron chi connectivity index (χ3n) is 4.04. The van der Waals surface area contributed by atoms with Crippen LogP contribution in [0.3, 0.4) is 0 Å². The Balaban J connectivity index is 2.45. The van der Waals surface area contributed by atoms with Crippen molar-refractivity contribution in [2.24, 2.45) is 5.92 Å². The highest BCUT2D eigenvalue weighted by atomic mass is 16.1. The molecule has 0 aliphatic carbocycles. The van der Waals surface area contributed by atoms with Gasteiger partial charge in [0.1, 0.15) is 0 Å². The molecule has 1 heteroatoms. The maximum absolute atomic E-state index is 12.6. The number of carbonyl (C=O) groups is 1. The highest BCUT2D eigenvalue weighted by Crippen LogP contribution is 2.27. The van der Waals surface area contributed by atoms with Crippen LogP contribution < -0.4 is 0 Å². The maximum Gasteiger partial charge on any atom is 0.166 e. The molecule has 0 unspecified atom stereocenters. The first-order valence-corrected chi connectivity index (χ1v) is 7.38. The van der Waals surface area contributed by atoms with Crippen molar-refractivity contribution >= 4 is 5.78 Å². The molecule has 0 radical (unpaired) electrons. The lowest BCUT2D eigenvalue weighted by molar-refractivity contribution is 0.0913. The van der Waals surface area contributed by atoms with Crippen LogP contribution in [-0.2, 0) is 0 Å². The van der Waals surface area contributed by atoms with Gasteiger partial charge in [-0.3, -0.25) is 4.79 Å². The summed E-state index contributed by atoms with van der Waals surface area (Å²) >= 11 is 0. The average molecular weight is 266 g/mol. The standard InChI is InChI=1S/C19H22O/c1-4-15(5-2)19(20)18-13-9-12-17(14(18)3)16-10-7-6-8-11-16/h6-13,15H,4-5H2,1-3H3. The predicted molar refractivity (Wildman–Crippen MR) is 85.0 cm³/mol. The van der Waals surface area contributed by atoms with Crippen LogP contribution in [-0.4, -0.2) is 5.78 Å². The zero-order valence-corrected chi connectivity index (χ0v) is 12.5. The van der Waals surface area contributed by atoms with Gasteiger partial charge in [0.15, 0.2) is 5.78 Å². The summed E-state index contributed by atoms with van der Waals surface area (Å²) in [5.41, 5.74) is 4.29. The Kier molecular flexibility index (Phi) is 4.73. The number of hydrogen-bond donors (Lipinski definition) is 0. The molecular weight excluding hydrogens is 244 g/mol. The van der Waals surface area contributed by atoms with Crippen molar-refractivity contribution in [2.75, 3.05) is 0 Å². The number of benzene rings is 2. The van der Waals surface area contributed by atoms with Crippen molar-refractivity contribution in [3.8, 4) is 11.1 Å². The predicted octanol–water partition coefficient (Wildman–Crippen LogP) is 5.28. The molecule has 0 amide bonds. The number of carbonyl (C=O) groups excluding carboxylic acids is 1. The molecule has 2 rings (SSSR count). The molecule has 20 heavy (non-hydrogen) atoms. The molecule has 0 heterocycles. The molecule has 104 valence electrons. The molecule has 0 aliphatic heterocycles. The molecule has 1 nitrogen and oxygen atoms in total. The monoisotopic (exact) mass is 266 g/mol. The van der Waals surface area contributed by atoms with Crippen LogP contribution in [0.15, 0.2) is 48.5 Å². The van der Waals surface area contributed by atoms with Gasteiger partial charge in [-0.25, -0.2) is 0 Å². The Labute approximate surface area is 121 Å². The summed E-state index contributed by atoms with van der Waals surface area (Å²) in [7, 11) is 0. The van der Waals surface area contributed by atoms with Gasteiger partial charge < -0.3 is 0 Å². The minimum Gasteiger partial charge on any atom is -0.294 e. The van der Waals surface area contributed by atoms with E-state index in [4.69, 9.17) is 0 Å². The van der Waals surface area contributed by atoms with Gasteiger partial charge >= 0.3 is 0 Å². The van der Waals surface area contributed by atoms with Crippen LogP contribution in [0.25, 0.3) is 11.1 Å². The summed E-state index contributed by atoms with van der Waals surface area (Å²) in [5.74, 6) is 0.421. The van der Waals surface area contributed by atoms with E-state index in [2.05, 4.69) is 39.0 Å². The summed E-state index contributed by atoms with van der Waals surface area (Å²) in [5, 5.41) is 0. The topological polar surface area (TPSA) is 17.1 Å². The zero-order valence-electron chi connectivity index (χ0n) is 12.5. The van der Waals surface area contributed by atoms with Crippen molar-refractivity contribution in [3.05, 3.63) is 59.7 Å². The Morgan fingerprint density at radius 1 is 0.950 bits per heavy atom. The van der Waals surface area contributed by atoms with Gasteiger partial charge in [-0.05, 0) is 36.5 Å². The van der Waals surface area contributed by atoms with Crippen molar-refractivity contribution in [1.82, 2.24) is 0 Å². The number of hydrogen-bond acceptors (Lipinski definition) is 1. The molecule has 2 aromatic rings. The summed E-state index contributed by atoms with van der Waals surface area (Å²) < 4.78 is 0.